The molecular weight excluding hydrogens is 224 g/mol. The van der Waals surface area contributed by atoms with Crippen molar-refractivity contribution in [2.45, 2.75) is 59.5 Å². The molecule has 0 aliphatic heterocycles. The minimum Gasteiger partial charge on any atom is -0.383 e. The van der Waals surface area contributed by atoms with Crippen molar-refractivity contribution < 1.29 is 4.74 Å². The first-order valence-electron chi connectivity index (χ1n) is 7.51. The lowest BCUT2D eigenvalue weighted by molar-refractivity contribution is 0.151. The molecule has 3 heteroatoms. The normalized spacial score (nSPS) is 13.8. The van der Waals surface area contributed by atoms with Gasteiger partial charge >= 0.3 is 0 Å². The number of hydrogen-bond acceptors (Lipinski definition) is 3. The molecule has 0 aromatic rings. The Morgan fingerprint density at radius 2 is 1.72 bits per heavy atom. The highest BCUT2D eigenvalue weighted by Crippen LogP contribution is 2.10. The van der Waals surface area contributed by atoms with Crippen LogP contribution in [0.3, 0.4) is 0 Å². The molecule has 0 aromatic heterocycles. The fraction of sp³-hybridized carbons (Fsp3) is 1.00. The van der Waals surface area contributed by atoms with Crippen LogP contribution in [-0.4, -0.2) is 50.3 Å². The molecule has 1 atom stereocenters. The summed E-state index contributed by atoms with van der Waals surface area (Å²) in [5.41, 5.74) is 0. The molecule has 0 aromatic carbocycles. The van der Waals surface area contributed by atoms with Crippen molar-refractivity contribution in [1.82, 2.24) is 10.2 Å². The minimum absolute atomic E-state index is 0.442. The van der Waals surface area contributed by atoms with Gasteiger partial charge in [0, 0.05) is 38.8 Å². The highest BCUT2D eigenvalue weighted by Gasteiger charge is 2.15. The Morgan fingerprint density at radius 1 is 1.11 bits per heavy atom. The third-order valence-corrected chi connectivity index (χ3v) is 3.37. The smallest absolute Gasteiger partial charge is 0.0613 e. The van der Waals surface area contributed by atoms with Gasteiger partial charge in [-0.05, 0) is 25.7 Å². The maximum absolute atomic E-state index is 5.14. The van der Waals surface area contributed by atoms with Crippen molar-refractivity contribution >= 4 is 0 Å². The van der Waals surface area contributed by atoms with Gasteiger partial charge in [0.25, 0.3) is 0 Å². The Labute approximate surface area is 114 Å². The maximum atomic E-state index is 5.14. The van der Waals surface area contributed by atoms with Gasteiger partial charge < -0.3 is 10.1 Å². The summed E-state index contributed by atoms with van der Waals surface area (Å²) in [4.78, 5) is 2.64. The van der Waals surface area contributed by atoms with Crippen molar-refractivity contribution in [3.05, 3.63) is 0 Å². The van der Waals surface area contributed by atoms with Crippen LogP contribution in [0.2, 0.25) is 0 Å². The molecule has 1 N–H and O–H groups in total. The molecule has 0 rings (SSSR count). The van der Waals surface area contributed by atoms with Gasteiger partial charge in [0.05, 0.1) is 6.61 Å². The summed E-state index contributed by atoms with van der Waals surface area (Å²) in [6, 6.07) is 1.17. The first kappa shape index (κ1) is 17.9. The molecule has 0 saturated heterocycles. The van der Waals surface area contributed by atoms with E-state index in [4.69, 9.17) is 4.74 Å². The third-order valence-electron chi connectivity index (χ3n) is 3.37. The summed E-state index contributed by atoms with van der Waals surface area (Å²) in [5.74, 6) is 0.738. The number of nitrogens with one attached hydrogen (secondary N) is 1. The van der Waals surface area contributed by atoms with Crippen LogP contribution in [0.5, 0.6) is 0 Å². The molecule has 0 aliphatic rings. The van der Waals surface area contributed by atoms with E-state index in [0.29, 0.717) is 6.04 Å². The van der Waals surface area contributed by atoms with Gasteiger partial charge in [-0.2, -0.15) is 0 Å². The lowest BCUT2D eigenvalue weighted by Gasteiger charge is -2.32. The molecule has 3 nitrogen and oxygen atoms in total. The summed E-state index contributed by atoms with van der Waals surface area (Å²) < 4.78 is 5.14. The summed E-state index contributed by atoms with van der Waals surface area (Å²) in [6.07, 6.45) is 2.49. The minimum atomic E-state index is 0.442. The Balaban J connectivity index is 4.07. The van der Waals surface area contributed by atoms with E-state index in [9.17, 15) is 0 Å². The van der Waals surface area contributed by atoms with Gasteiger partial charge in [0.15, 0.2) is 0 Å². The molecular formula is C15H34N2O. The molecule has 0 fully saturated rings. The van der Waals surface area contributed by atoms with E-state index in [2.05, 4.69) is 44.8 Å². The zero-order valence-electron chi connectivity index (χ0n) is 13.3. The second-order valence-corrected chi connectivity index (χ2v) is 5.67. The zero-order valence-corrected chi connectivity index (χ0v) is 13.3. The molecule has 18 heavy (non-hydrogen) atoms. The molecule has 0 saturated carbocycles. The quantitative estimate of drug-likeness (QED) is 0.617. The van der Waals surface area contributed by atoms with Gasteiger partial charge in [0.2, 0.25) is 0 Å². The molecule has 1 unspecified atom stereocenters. The van der Waals surface area contributed by atoms with E-state index in [0.717, 1.165) is 31.7 Å². The average molecular weight is 258 g/mol. The fourth-order valence-corrected chi connectivity index (χ4v) is 2.46. The van der Waals surface area contributed by atoms with Crippen LogP contribution >= 0.6 is 0 Å². The average Bonchev–Trinajstić information content (AvgIpc) is 2.30. The predicted molar refractivity (Wildman–Crippen MR) is 80.1 cm³/mol. The van der Waals surface area contributed by atoms with Gasteiger partial charge in [0.1, 0.15) is 0 Å². The van der Waals surface area contributed by atoms with E-state index in [1.807, 2.05) is 0 Å². The van der Waals surface area contributed by atoms with Crippen LogP contribution in [0.1, 0.15) is 47.5 Å². The van der Waals surface area contributed by atoms with Crippen LogP contribution in [-0.2, 0) is 4.74 Å². The largest absolute Gasteiger partial charge is 0.383 e. The number of rotatable bonds is 11. The molecule has 0 spiro atoms. The summed E-state index contributed by atoms with van der Waals surface area (Å²) in [6.45, 7) is 15.5. The Morgan fingerprint density at radius 3 is 2.17 bits per heavy atom. The summed E-state index contributed by atoms with van der Waals surface area (Å²) in [7, 11) is 1.76. The van der Waals surface area contributed by atoms with Crippen molar-refractivity contribution in [2.75, 3.05) is 33.4 Å². The SMILES string of the molecule is CCC(CC)N(CCNC(C)COC)CC(C)C. The van der Waals surface area contributed by atoms with Crippen LogP contribution in [0.15, 0.2) is 0 Å². The molecule has 110 valence electrons. The van der Waals surface area contributed by atoms with Crippen molar-refractivity contribution in [3.63, 3.8) is 0 Å². The van der Waals surface area contributed by atoms with Crippen LogP contribution in [0.4, 0.5) is 0 Å². The second-order valence-electron chi connectivity index (χ2n) is 5.67. The fourth-order valence-electron chi connectivity index (χ4n) is 2.46. The zero-order chi connectivity index (χ0) is 14.0. The monoisotopic (exact) mass is 258 g/mol. The van der Waals surface area contributed by atoms with Gasteiger partial charge in [-0.3, -0.25) is 4.90 Å². The van der Waals surface area contributed by atoms with E-state index in [-0.39, 0.29) is 0 Å². The van der Waals surface area contributed by atoms with Gasteiger partial charge in [-0.1, -0.05) is 27.7 Å². The molecule has 0 aliphatic carbocycles. The number of hydrogen-bond donors (Lipinski definition) is 1. The lowest BCUT2D eigenvalue weighted by atomic mass is 10.1. The Bertz CT molecular complexity index is 181. The third kappa shape index (κ3) is 8.06. The second kappa shape index (κ2) is 10.8. The topological polar surface area (TPSA) is 24.5 Å². The van der Waals surface area contributed by atoms with Crippen LogP contribution in [0.25, 0.3) is 0 Å². The van der Waals surface area contributed by atoms with E-state index < -0.39 is 0 Å². The first-order valence-corrected chi connectivity index (χ1v) is 7.51. The van der Waals surface area contributed by atoms with Crippen molar-refractivity contribution in [1.29, 1.82) is 0 Å². The Kier molecular flexibility index (Phi) is 10.7. The number of nitrogens with zero attached hydrogens (tertiary/aromatic N) is 1. The highest BCUT2D eigenvalue weighted by atomic mass is 16.5. The maximum Gasteiger partial charge on any atom is 0.0613 e. The van der Waals surface area contributed by atoms with Crippen LogP contribution in [0, 0.1) is 5.92 Å². The first-order chi connectivity index (χ1) is 8.54. The number of ether oxygens (including phenoxy) is 1. The summed E-state index contributed by atoms with van der Waals surface area (Å²) >= 11 is 0. The lowest BCUT2D eigenvalue weighted by Crippen LogP contribution is -2.43. The highest BCUT2D eigenvalue weighted by molar-refractivity contribution is 4.72. The molecule has 0 bridgehead atoms. The standard InChI is InChI=1S/C15H34N2O/c1-7-15(8-2)17(11-13(3)4)10-9-16-14(5)12-18-6/h13-16H,7-12H2,1-6H3. The van der Waals surface area contributed by atoms with E-state index in [1.165, 1.54) is 19.4 Å². The molecule has 0 amide bonds. The predicted octanol–water partition coefficient (Wildman–Crippen LogP) is 2.76. The number of methoxy groups -OCH3 is 1. The van der Waals surface area contributed by atoms with Gasteiger partial charge in [-0.15, -0.1) is 0 Å². The van der Waals surface area contributed by atoms with Crippen molar-refractivity contribution in [2.24, 2.45) is 5.92 Å². The van der Waals surface area contributed by atoms with Crippen molar-refractivity contribution in [3.8, 4) is 0 Å². The summed E-state index contributed by atoms with van der Waals surface area (Å²) in [5, 5.41) is 3.52. The van der Waals surface area contributed by atoms with Crippen LogP contribution < -0.4 is 5.32 Å². The molecule has 0 heterocycles. The van der Waals surface area contributed by atoms with E-state index in [1.54, 1.807) is 7.11 Å². The molecule has 0 radical (unpaired) electrons. The Hall–Kier alpha value is -0.120. The van der Waals surface area contributed by atoms with Gasteiger partial charge in [-0.25, -0.2) is 0 Å². The van der Waals surface area contributed by atoms with E-state index >= 15 is 0 Å².